The van der Waals surface area contributed by atoms with E-state index in [1.807, 2.05) is 50.2 Å². The summed E-state index contributed by atoms with van der Waals surface area (Å²) in [6.07, 6.45) is 1.86. The van der Waals surface area contributed by atoms with Crippen LogP contribution in [0.4, 0.5) is 0 Å². The van der Waals surface area contributed by atoms with Crippen molar-refractivity contribution in [3.8, 4) is 5.75 Å². The fourth-order valence-electron chi connectivity index (χ4n) is 2.09. The number of rotatable bonds is 9. The predicted molar refractivity (Wildman–Crippen MR) is 93.8 cm³/mol. The van der Waals surface area contributed by atoms with Gasteiger partial charge in [0, 0.05) is 12.3 Å². The predicted octanol–water partition coefficient (Wildman–Crippen LogP) is 3.80. The second-order valence-electron chi connectivity index (χ2n) is 5.20. The van der Waals surface area contributed by atoms with E-state index in [1.165, 1.54) is 0 Å². The van der Waals surface area contributed by atoms with Gasteiger partial charge in [0.2, 0.25) is 0 Å². The number of carbonyl (C=O) groups is 1. The first-order chi connectivity index (χ1) is 11.2. The van der Waals surface area contributed by atoms with Crippen molar-refractivity contribution >= 4 is 17.7 Å². The number of ether oxygens (including phenoxy) is 1. The molecule has 0 saturated heterocycles. The summed E-state index contributed by atoms with van der Waals surface area (Å²) in [5.74, 6) is 3.32. The molecule has 23 heavy (non-hydrogen) atoms. The number of nitrogens with one attached hydrogen (secondary N) is 1. The number of furan rings is 1. The summed E-state index contributed by atoms with van der Waals surface area (Å²) < 4.78 is 11.1. The van der Waals surface area contributed by atoms with Crippen molar-refractivity contribution in [1.82, 2.24) is 5.32 Å². The molecule has 0 aliphatic carbocycles. The summed E-state index contributed by atoms with van der Waals surface area (Å²) in [5, 5.41) is 2.94. The average molecular weight is 333 g/mol. The van der Waals surface area contributed by atoms with Crippen molar-refractivity contribution in [3.05, 3.63) is 54.0 Å². The Morgan fingerprint density at radius 3 is 2.83 bits per heavy atom. The Hall–Kier alpha value is -1.88. The van der Waals surface area contributed by atoms with Crippen LogP contribution >= 0.6 is 11.8 Å². The van der Waals surface area contributed by atoms with Crippen molar-refractivity contribution < 1.29 is 13.9 Å². The lowest BCUT2D eigenvalue weighted by atomic mass is 10.2. The highest BCUT2D eigenvalue weighted by Crippen LogP contribution is 2.19. The molecule has 0 saturated carbocycles. The second kappa shape index (κ2) is 9.30. The van der Waals surface area contributed by atoms with Crippen LogP contribution in [-0.2, 0) is 10.5 Å². The van der Waals surface area contributed by atoms with Crippen LogP contribution in [0.5, 0.6) is 5.75 Å². The second-order valence-corrected chi connectivity index (χ2v) is 6.31. The van der Waals surface area contributed by atoms with Crippen LogP contribution in [0.2, 0.25) is 0 Å². The number of para-hydroxylation sites is 1. The molecule has 1 aromatic heterocycles. The van der Waals surface area contributed by atoms with Gasteiger partial charge in [-0.05, 0) is 37.1 Å². The van der Waals surface area contributed by atoms with Crippen LogP contribution < -0.4 is 10.1 Å². The van der Waals surface area contributed by atoms with Crippen LogP contribution in [0, 0.1) is 6.92 Å². The fraction of sp³-hybridized carbons (Fsp3) is 0.389. The maximum atomic E-state index is 12.2. The van der Waals surface area contributed by atoms with Gasteiger partial charge in [-0.1, -0.05) is 25.1 Å². The zero-order valence-corrected chi connectivity index (χ0v) is 14.4. The number of aryl methyl sites for hydroxylation is 1. The SMILES string of the molecule is CCC(Oc1ccccc1C)C(=O)NCCSCc1ccco1. The molecule has 2 aromatic rings. The van der Waals surface area contributed by atoms with E-state index < -0.39 is 6.10 Å². The number of hydrogen-bond donors (Lipinski definition) is 1. The molecule has 0 spiro atoms. The van der Waals surface area contributed by atoms with Crippen molar-refractivity contribution in [2.45, 2.75) is 32.1 Å². The zero-order chi connectivity index (χ0) is 16.5. The Kier molecular flexibility index (Phi) is 7.07. The largest absolute Gasteiger partial charge is 0.480 e. The van der Waals surface area contributed by atoms with Crippen molar-refractivity contribution in [3.63, 3.8) is 0 Å². The first kappa shape index (κ1) is 17.5. The highest BCUT2D eigenvalue weighted by Gasteiger charge is 2.18. The Morgan fingerprint density at radius 1 is 1.30 bits per heavy atom. The molecular formula is C18H23NO3S. The van der Waals surface area contributed by atoms with E-state index in [0.717, 1.165) is 28.6 Å². The molecule has 4 nitrogen and oxygen atoms in total. The first-order valence-corrected chi connectivity index (χ1v) is 8.96. The van der Waals surface area contributed by atoms with E-state index in [4.69, 9.17) is 9.15 Å². The molecular weight excluding hydrogens is 310 g/mol. The van der Waals surface area contributed by atoms with Crippen LogP contribution in [0.25, 0.3) is 0 Å². The molecule has 1 N–H and O–H groups in total. The summed E-state index contributed by atoms with van der Waals surface area (Å²) in [7, 11) is 0. The van der Waals surface area contributed by atoms with Gasteiger partial charge in [-0.2, -0.15) is 11.8 Å². The Balaban J connectivity index is 1.71. The van der Waals surface area contributed by atoms with Crippen molar-refractivity contribution in [2.24, 2.45) is 0 Å². The molecule has 1 amide bonds. The molecule has 1 aromatic carbocycles. The monoisotopic (exact) mass is 333 g/mol. The van der Waals surface area contributed by atoms with Gasteiger partial charge in [0.05, 0.1) is 12.0 Å². The third-order valence-electron chi connectivity index (χ3n) is 3.40. The van der Waals surface area contributed by atoms with Crippen LogP contribution in [0.15, 0.2) is 47.1 Å². The molecule has 1 atom stereocenters. The first-order valence-electron chi connectivity index (χ1n) is 7.80. The molecule has 1 unspecified atom stereocenters. The van der Waals surface area contributed by atoms with Crippen molar-refractivity contribution in [2.75, 3.05) is 12.3 Å². The Bertz CT molecular complexity index is 598. The van der Waals surface area contributed by atoms with E-state index >= 15 is 0 Å². The van der Waals surface area contributed by atoms with Gasteiger partial charge < -0.3 is 14.5 Å². The van der Waals surface area contributed by atoms with Gasteiger partial charge >= 0.3 is 0 Å². The Morgan fingerprint density at radius 2 is 2.13 bits per heavy atom. The maximum Gasteiger partial charge on any atom is 0.261 e. The molecule has 2 rings (SSSR count). The summed E-state index contributed by atoms with van der Waals surface area (Å²) in [6, 6.07) is 11.6. The topological polar surface area (TPSA) is 51.5 Å². The summed E-state index contributed by atoms with van der Waals surface area (Å²) in [5.41, 5.74) is 1.03. The van der Waals surface area contributed by atoms with Gasteiger partial charge in [-0.3, -0.25) is 4.79 Å². The minimum Gasteiger partial charge on any atom is -0.480 e. The number of amides is 1. The highest BCUT2D eigenvalue weighted by molar-refractivity contribution is 7.98. The number of hydrogen-bond acceptors (Lipinski definition) is 4. The summed E-state index contributed by atoms with van der Waals surface area (Å²) >= 11 is 1.73. The lowest BCUT2D eigenvalue weighted by molar-refractivity contribution is -0.128. The van der Waals surface area contributed by atoms with Gasteiger partial charge in [-0.15, -0.1) is 0 Å². The zero-order valence-electron chi connectivity index (χ0n) is 13.6. The van der Waals surface area contributed by atoms with E-state index in [9.17, 15) is 4.79 Å². The lowest BCUT2D eigenvalue weighted by Crippen LogP contribution is -2.39. The van der Waals surface area contributed by atoms with E-state index in [0.29, 0.717) is 13.0 Å². The van der Waals surface area contributed by atoms with Crippen LogP contribution in [0.1, 0.15) is 24.7 Å². The average Bonchev–Trinajstić information content (AvgIpc) is 3.07. The minimum atomic E-state index is -0.453. The quantitative estimate of drug-likeness (QED) is 0.709. The number of benzene rings is 1. The molecule has 0 fully saturated rings. The van der Waals surface area contributed by atoms with E-state index in [-0.39, 0.29) is 5.91 Å². The fourth-order valence-corrected chi connectivity index (χ4v) is 2.85. The van der Waals surface area contributed by atoms with Crippen LogP contribution in [0.3, 0.4) is 0 Å². The molecule has 5 heteroatoms. The van der Waals surface area contributed by atoms with Gasteiger partial charge in [0.1, 0.15) is 11.5 Å². The Labute approximate surface area is 141 Å². The molecule has 0 bridgehead atoms. The normalized spacial score (nSPS) is 11.9. The van der Waals surface area contributed by atoms with Crippen LogP contribution in [-0.4, -0.2) is 24.3 Å². The van der Waals surface area contributed by atoms with E-state index in [2.05, 4.69) is 5.32 Å². The molecule has 124 valence electrons. The number of thioether (sulfide) groups is 1. The van der Waals surface area contributed by atoms with Gasteiger partial charge in [-0.25, -0.2) is 0 Å². The smallest absolute Gasteiger partial charge is 0.261 e. The molecule has 0 radical (unpaired) electrons. The lowest BCUT2D eigenvalue weighted by Gasteiger charge is -2.18. The molecule has 0 aliphatic heterocycles. The molecule has 0 aliphatic rings. The third kappa shape index (κ3) is 5.67. The maximum absolute atomic E-state index is 12.2. The van der Waals surface area contributed by atoms with Gasteiger partial charge in [0.25, 0.3) is 5.91 Å². The third-order valence-corrected chi connectivity index (χ3v) is 4.38. The van der Waals surface area contributed by atoms with Gasteiger partial charge in [0.15, 0.2) is 6.10 Å². The summed E-state index contributed by atoms with van der Waals surface area (Å²) in [4.78, 5) is 12.2. The minimum absolute atomic E-state index is 0.0608. The van der Waals surface area contributed by atoms with E-state index in [1.54, 1.807) is 18.0 Å². The van der Waals surface area contributed by atoms with Crippen molar-refractivity contribution in [1.29, 1.82) is 0 Å². The number of carbonyl (C=O) groups excluding carboxylic acids is 1. The summed E-state index contributed by atoms with van der Waals surface area (Å²) in [6.45, 7) is 4.55. The standard InChI is InChI=1S/C18H23NO3S/c1-3-16(22-17-9-5-4-7-14(17)2)18(20)19-10-12-23-13-15-8-6-11-21-15/h4-9,11,16H,3,10,12-13H2,1-2H3,(H,19,20). The highest BCUT2D eigenvalue weighted by atomic mass is 32.2. The molecule has 1 heterocycles.